The Bertz CT molecular complexity index is 1700. The summed E-state index contributed by atoms with van der Waals surface area (Å²) in [5, 5.41) is 0.590. The molecule has 2 aromatic heterocycles. The third-order valence-electron chi connectivity index (χ3n) is 7.29. The van der Waals surface area contributed by atoms with E-state index >= 15 is 0 Å². The van der Waals surface area contributed by atoms with Gasteiger partial charge in [0.15, 0.2) is 0 Å². The third-order valence-corrected chi connectivity index (χ3v) is 8.40. The van der Waals surface area contributed by atoms with Crippen molar-refractivity contribution >= 4 is 47.6 Å². The molecule has 0 amide bonds. The van der Waals surface area contributed by atoms with Crippen molar-refractivity contribution in [3.8, 4) is 0 Å². The molecule has 270 valence electrons. The minimum Gasteiger partial charge on any atom is -0.469 e. The molecule has 2 N–H and O–H groups in total. The van der Waals surface area contributed by atoms with Gasteiger partial charge in [0.25, 0.3) is 0 Å². The quantitative estimate of drug-likeness (QED) is 0.157. The zero-order chi connectivity index (χ0) is 37.0. The minimum absolute atomic E-state index is 0.00248. The summed E-state index contributed by atoms with van der Waals surface area (Å²) in [5.41, 5.74) is 1.12. The monoisotopic (exact) mass is 714 g/mol. The van der Waals surface area contributed by atoms with E-state index in [1.807, 2.05) is 6.07 Å². The number of methoxy groups -OCH3 is 4. The Balaban J connectivity index is 2.23. The second kappa shape index (κ2) is 18.1. The summed E-state index contributed by atoms with van der Waals surface area (Å²) in [5.74, 6) is -3.86. The van der Waals surface area contributed by atoms with Crippen LogP contribution in [0.3, 0.4) is 0 Å². The molecule has 3 rings (SSSR count). The second-order valence-corrected chi connectivity index (χ2v) is 12.9. The molecule has 0 saturated heterocycles. The van der Waals surface area contributed by atoms with Crippen LogP contribution in [0.5, 0.6) is 0 Å². The van der Waals surface area contributed by atoms with E-state index in [9.17, 15) is 28.8 Å². The van der Waals surface area contributed by atoms with E-state index in [2.05, 4.69) is 9.97 Å². The Labute approximate surface area is 293 Å². The van der Waals surface area contributed by atoms with Gasteiger partial charge in [-0.2, -0.15) is 0 Å². The van der Waals surface area contributed by atoms with Crippen LogP contribution in [0.15, 0.2) is 40.4 Å². The van der Waals surface area contributed by atoms with Gasteiger partial charge in [-0.05, 0) is 61.4 Å². The molecule has 0 aliphatic carbocycles. The molecule has 0 spiro atoms. The van der Waals surface area contributed by atoms with Gasteiger partial charge in [0.2, 0.25) is 0 Å². The van der Waals surface area contributed by atoms with E-state index in [0.29, 0.717) is 21.7 Å². The first-order valence-electron chi connectivity index (χ1n) is 15.6. The predicted octanol–water partition coefficient (Wildman–Crippen LogP) is 4.45. The molecular weight excluding hydrogens is 672 g/mol. The average molecular weight is 715 g/mol. The second-order valence-electron chi connectivity index (χ2n) is 11.9. The molecular formula is C35H42N2O12S. The number of benzene rings is 1. The highest BCUT2D eigenvalue weighted by molar-refractivity contribution is 7.99. The fourth-order valence-electron chi connectivity index (χ4n) is 4.87. The van der Waals surface area contributed by atoms with E-state index in [1.165, 1.54) is 28.4 Å². The molecule has 0 unspecified atom stereocenters. The topological polar surface area (TPSA) is 189 Å². The van der Waals surface area contributed by atoms with Gasteiger partial charge in [0.05, 0.1) is 51.3 Å². The molecule has 0 aliphatic rings. The van der Waals surface area contributed by atoms with Crippen molar-refractivity contribution in [1.82, 2.24) is 9.97 Å². The first-order valence-corrected chi connectivity index (χ1v) is 16.4. The van der Waals surface area contributed by atoms with Crippen LogP contribution < -0.4 is 0 Å². The highest BCUT2D eigenvalue weighted by atomic mass is 32.2. The number of hydrogen-bond acceptors (Lipinski definition) is 13. The van der Waals surface area contributed by atoms with Gasteiger partial charge in [-0.25, -0.2) is 9.59 Å². The zero-order valence-electron chi connectivity index (χ0n) is 29.1. The lowest BCUT2D eigenvalue weighted by Gasteiger charge is -2.19. The molecule has 0 radical (unpaired) electrons. The first-order chi connectivity index (χ1) is 23.7. The van der Waals surface area contributed by atoms with Crippen LogP contribution in [-0.4, -0.2) is 79.8 Å². The number of hydrogen-bond donors (Lipinski definition) is 2. The fourth-order valence-corrected chi connectivity index (χ4v) is 6.04. The van der Waals surface area contributed by atoms with Gasteiger partial charge < -0.3 is 38.4 Å². The maximum Gasteiger partial charge on any atom is 0.355 e. The molecule has 0 atom stereocenters. The van der Waals surface area contributed by atoms with Crippen molar-refractivity contribution in [2.24, 2.45) is 0 Å². The summed E-state index contributed by atoms with van der Waals surface area (Å²) in [4.78, 5) is 82.9. The summed E-state index contributed by atoms with van der Waals surface area (Å²) in [6.45, 7) is 5.02. The Kier molecular flexibility index (Phi) is 14.2. The van der Waals surface area contributed by atoms with Crippen LogP contribution in [0.4, 0.5) is 0 Å². The molecule has 50 heavy (non-hydrogen) atoms. The van der Waals surface area contributed by atoms with Crippen LogP contribution in [0.1, 0.15) is 82.4 Å². The van der Waals surface area contributed by atoms with E-state index in [0.717, 1.165) is 17.3 Å². The third kappa shape index (κ3) is 11.0. The number of H-pyrrole nitrogens is 2. The first kappa shape index (κ1) is 39.4. The molecule has 1 aromatic carbocycles. The zero-order valence-corrected chi connectivity index (χ0v) is 30.0. The van der Waals surface area contributed by atoms with Gasteiger partial charge >= 0.3 is 35.8 Å². The predicted molar refractivity (Wildman–Crippen MR) is 179 cm³/mol. The molecule has 0 fully saturated rings. The average Bonchev–Trinajstić information content (AvgIpc) is 3.60. The fraction of sp³-hybridized carbons (Fsp3) is 0.429. The SMILES string of the molecule is COC(=O)CCc1c(Sc2[nH]c(C(=O)OCc3ccccc3)c(CCC(=O)OC)c2CC(=O)OC)[nH]c(C(=O)OC(C)(C)C)c1CC(=O)OC. The van der Waals surface area contributed by atoms with Crippen LogP contribution in [0.25, 0.3) is 0 Å². The van der Waals surface area contributed by atoms with Crippen molar-refractivity contribution in [3.05, 3.63) is 69.5 Å². The van der Waals surface area contributed by atoms with Gasteiger partial charge in [-0.15, -0.1) is 0 Å². The Hall–Kier alpha value is -5.05. The number of carbonyl (C=O) groups excluding carboxylic acids is 6. The molecule has 15 heteroatoms. The van der Waals surface area contributed by atoms with Crippen LogP contribution in [0.2, 0.25) is 0 Å². The molecule has 0 aliphatic heterocycles. The van der Waals surface area contributed by atoms with Crippen LogP contribution in [-0.2, 0) is 79.9 Å². The van der Waals surface area contributed by atoms with Crippen molar-refractivity contribution in [1.29, 1.82) is 0 Å². The lowest BCUT2D eigenvalue weighted by Crippen LogP contribution is -2.25. The number of ether oxygens (including phenoxy) is 6. The lowest BCUT2D eigenvalue weighted by atomic mass is 10.0. The highest BCUT2D eigenvalue weighted by Crippen LogP contribution is 2.39. The van der Waals surface area contributed by atoms with Crippen molar-refractivity contribution in [2.45, 2.75) is 81.6 Å². The van der Waals surface area contributed by atoms with E-state index in [4.69, 9.17) is 28.4 Å². The number of nitrogens with one attached hydrogen (secondary N) is 2. The molecule has 3 aromatic rings. The maximum atomic E-state index is 13.6. The number of aromatic nitrogens is 2. The van der Waals surface area contributed by atoms with E-state index < -0.39 is 41.4 Å². The van der Waals surface area contributed by atoms with Crippen molar-refractivity contribution < 1.29 is 57.2 Å². The minimum atomic E-state index is -0.888. The molecule has 14 nitrogen and oxygen atoms in total. The summed E-state index contributed by atoms with van der Waals surface area (Å²) in [7, 11) is 4.90. The summed E-state index contributed by atoms with van der Waals surface area (Å²) in [6.07, 6.45) is -0.823. The smallest absolute Gasteiger partial charge is 0.355 e. The van der Waals surface area contributed by atoms with Crippen molar-refractivity contribution in [2.75, 3.05) is 28.4 Å². The maximum absolute atomic E-state index is 13.6. The number of aromatic amines is 2. The molecule has 2 heterocycles. The number of rotatable bonds is 16. The summed E-state index contributed by atoms with van der Waals surface area (Å²) in [6, 6.07) is 9.02. The van der Waals surface area contributed by atoms with E-state index in [1.54, 1.807) is 45.0 Å². The van der Waals surface area contributed by atoms with Crippen molar-refractivity contribution in [3.63, 3.8) is 0 Å². The number of esters is 6. The Morgan fingerprint density at radius 3 is 1.62 bits per heavy atom. The highest BCUT2D eigenvalue weighted by Gasteiger charge is 2.31. The van der Waals surface area contributed by atoms with Gasteiger partial charge in [0, 0.05) is 12.8 Å². The Morgan fingerprint density at radius 1 is 0.620 bits per heavy atom. The largest absolute Gasteiger partial charge is 0.469 e. The molecule has 0 bridgehead atoms. The standard InChI is InChI=1S/C35H42N2O12S/c1-35(2,3)49-34(43)30-23(17-27(40)46-6)22(14-16-26(39)45-5)31(37-30)50-32-24(18-28(41)47-7)21(13-15-25(38)44-4)29(36-32)33(42)48-19-20-11-9-8-10-12-20/h8-12,36-37H,13-19H2,1-7H3. The van der Waals surface area contributed by atoms with Crippen LogP contribution in [0, 0.1) is 0 Å². The van der Waals surface area contributed by atoms with Gasteiger partial charge in [0.1, 0.15) is 23.6 Å². The summed E-state index contributed by atoms with van der Waals surface area (Å²) < 4.78 is 30.7. The normalized spacial score (nSPS) is 11.0. The van der Waals surface area contributed by atoms with Gasteiger partial charge in [-0.3, -0.25) is 19.2 Å². The number of carbonyl (C=O) groups is 6. The lowest BCUT2D eigenvalue weighted by molar-refractivity contribution is -0.141. The Morgan fingerprint density at radius 2 is 1.10 bits per heavy atom. The van der Waals surface area contributed by atoms with Gasteiger partial charge in [-0.1, -0.05) is 42.1 Å². The van der Waals surface area contributed by atoms with Crippen LogP contribution >= 0.6 is 11.8 Å². The molecule has 0 saturated carbocycles. The van der Waals surface area contributed by atoms with E-state index in [-0.39, 0.29) is 67.1 Å². The summed E-state index contributed by atoms with van der Waals surface area (Å²) >= 11 is 1.01.